The summed E-state index contributed by atoms with van der Waals surface area (Å²) in [5.41, 5.74) is 2.52. The van der Waals surface area contributed by atoms with Crippen molar-refractivity contribution >= 4 is 0 Å². The minimum atomic E-state index is 0.136. The van der Waals surface area contributed by atoms with Gasteiger partial charge in [-0.3, -0.25) is 0 Å². The monoisotopic (exact) mass is 265 g/mol. The van der Waals surface area contributed by atoms with Crippen LogP contribution in [0.5, 0.6) is 0 Å². The second kappa shape index (κ2) is 9.08. The quantitative estimate of drug-likeness (QED) is 0.744. The lowest BCUT2D eigenvalue weighted by molar-refractivity contribution is -0.000129. The van der Waals surface area contributed by atoms with E-state index in [1.165, 1.54) is 11.1 Å². The van der Waals surface area contributed by atoms with Gasteiger partial charge in [-0.25, -0.2) is 0 Å². The molecule has 1 atom stereocenters. The van der Waals surface area contributed by atoms with Crippen LogP contribution in [0, 0.1) is 5.92 Å². The zero-order chi connectivity index (χ0) is 14.1. The van der Waals surface area contributed by atoms with E-state index in [9.17, 15) is 0 Å². The fourth-order valence-electron chi connectivity index (χ4n) is 1.78. The molecule has 0 bridgehead atoms. The van der Waals surface area contributed by atoms with Gasteiger partial charge in [-0.05, 0) is 30.5 Å². The Bertz CT molecular complexity index is 335. The molecule has 0 aliphatic heterocycles. The molecule has 0 saturated heterocycles. The van der Waals surface area contributed by atoms with Crippen LogP contribution in [0.3, 0.4) is 0 Å². The lowest BCUT2D eigenvalue weighted by Crippen LogP contribution is -2.18. The van der Waals surface area contributed by atoms with Crippen LogP contribution in [-0.2, 0) is 22.6 Å². The molecule has 108 valence electrons. The predicted molar refractivity (Wildman–Crippen MR) is 79.1 cm³/mol. The van der Waals surface area contributed by atoms with Crippen molar-refractivity contribution in [2.75, 3.05) is 20.3 Å². The molecule has 0 heterocycles. The highest BCUT2D eigenvalue weighted by Crippen LogP contribution is 2.07. The van der Waals surface area contributed by atoms with E-state index < -0.39 is 0 Å². The summed E-state index contributed by atoms with van der Waals surface area (Å²) >= 11 is 0. The largest absolute Gasteiger partial charge is 0.382 e. The maximum absolute atomic E-state index is 5.68. The normalized spacial score (nSPS) is 12.9. The van der Waals surface area contributed by atoms with E-state index in [2.05, 4.69) is 43.4 Å². The van der Waals surface area contributed by atoms with Gasteiger partial charge in [-0.2, -0.15) is 0 Å². The van der Waals surface area contributed by atoms with Crippen LogP contribution in [0.15, 0.2) is 24.3 Å². The Morgan fingerprint density at radius 1 is 1.05 bits per heavy atom. The van der Waals surface area contributed by atoms with E-state index in [-0.39, 0.29) is 6.10 Å². The Morgan fingerprint density at radius 2 is 1.68 bits per heavy atom. The Kier molecular flexibility index (Phi) is 7.72. The smallest absolute Gasteiger partial charge is 0.0784 e. The number of hydrogen-bond donors (Lipinski definition) is 1. The molecule has 3 heteroatoms. The average molecular weight is 265 g/mol. The van der Waals surface area contributed by atoms with Crippen molar-refractivity contribution in [3.05, 3.63) is 35.4 Å². The summed E-state index contributed by atoms with van der Waals surface area (Å²) in [5.74, 6) is 0.690. The average Bonchev–Trinajstić information content (AvgIpc) is 2.38. The van der Waals surface area contributed by atoms with Gasteiger partial charge in [0.15, 0.2) is 0 Å². The van der Waals surface area contributed by atoms with Gasteiger partial charge < -0.3 is 14.8 Å². The van der Waals surface area contributed by atoms with Gasteiger partial charge in [0.2, 0.25) is 0 Å². The van der Waals surface area contributed by atoms with Crippen LogP contribution in [0.25, 0.3) is 0 Å². The molecule has 1 rings (SSSR count). The number of ether oxygens (including phenoxy) is 2. The summed E-state index contributed by atoms with van der Waals surface area (Å²) in [4.78, 5) is 0. The van der Waals surface area contributed by atoms with Crippen molar-refractivity contribution in [3.8, 4) is 0 Å². The van der Waals surface area contributed by atoms with Crippen molar-refractivity contribution in [1.29, 1.82) is 0 Å². The van der Waals surface area contributed by atoms with Crippen LogP contribution in [0.1, 0.15) is 31.9 Å². The van der Waals surface area contributed by atoms with Gasteiger partial charge in [0, 0.05) is 13.7 Å². The number of benzene rings is 1. The molecule has 3 nitrogen and oxygen atoms in total. The van der Waals surface area contributed by atoms with Crippen molar-refractivity contribution < 1.29 is 9.47 Å². The lowest BCUT2D eigenvalue weighted by Gasteiger charge is -2.12. The number of methoxy groups -OCH3 is 1. The molecule has 0 aliphatic rings. The lowest BCUT2D eigenvalue weighted by atomic mass is 10.1. The summed E-state index contributed by atoms with van der Waals surface area (Å²) in [6.07, 6.45) is 0.136. The van der Waals surface area contributed by atoms with Gasteiger partial charge >= 0.3 is 0 Å². The zero-order valence-corrected chi connectivity index (χ0v) is 12.6. The van der Waals surface area contributed by atoms with E-state index in [4.69, 9.17) is 9.47 Å². The molecule has 0 amide bonds. The maximum Gasteiger partial charge on any atom is 0.0784 e. The molecule has 1 aromatic carbocycles. The molecular formula is C16H27NO2. The highest BCUT2D eigenvalue weighted by Gasteiger charge is 2.02. The number of hydrogen-bond acceptors (Lipinski definition) is 3. The SMILES string of the molecule is COCC(C)OCc1ccc(CNCC(C)C)cc1. The molecule has 0 radical (unpaired) electrons. The van der Waals surface area contributed by atoms with Gasteiger partial charge in [0.1, 0.15) is 0 Å². The van der Waals surface area contributed by atoms with Gasteiger partial charge in [0.25, 0.3) is 0 Å². The summed E-state index contributed by atoms with van der Waals surface area (Å²) < 4.78 is 10.7. The van der Waals surface area contributed by atoms with Crippen molar-refractivity contribution in [2.24, 2.45) is 5.92 Å². The van der Waals surface area contributed by atoms with E-state index in [1.807, 2.05) is 6.92 Å². The summed E-state index contributed by atoms with van der Waals surface area (Å²) in [7, 11) is 1.69. The molecule has 0 spiro atoms. The number of nitrogens with one attached hydrogen (secondary N) is 1. The highest BCUT2D eigenvalue weighted by atomic mass is 16.5. The summed E-state index contributed by atoms with van der Waals surface area (Å²) in [6, 6.07) is 8.58. The fourth-order valence-corrected chi connectivity index (χ4v) is 1.78. The van der Waals surface area contributed by atoms with E-state index in [0.29, 0.717) is 19.1 Å². The first-order chi connectivity index (χ1) is 9.11. The molecule has 19 heavy (non-hydrogen) atoms. The van der Waals surface area contributed by atoms with Crippen LogP contribution < -0.4 is 5.32 Å². The summed E-state index contributed by atoms with van der Waals surface area (Å²) in [6.45, 7) is 9.72. The van der Waals surface area contributed by atoms with Crippen LogP contribution >= 0.6 is 0 Å². The second-order valence-corrected chi connectivity index (χ2v) is 5.42. The van der Waals surface area contributed by atoms with Crippen LogP contribution in [0.2, 0.25) is 0 Å². The van der Waals surface area contributed by atoms with Crippen LogP contribution in [0.4, 0.5) is 0 Å². The molecule has 0 aromatic heterocycles. The fraction of sp³-hybridized carbons (Fsp3) is 0.625. The van der Waals surface area contributed by atoms with Crippen molar-refractivity contribution in [1.82, 2.24) is 5.32 Å². The zero-order valence-electron chi connectivity index (χ0n) is 12.6. The molecule has 0 fully saturated rings. The summed E-state index contributed by atoms with van der Waals surface area (Å²) in [5, 5.41) is 3.44. The Labute approximate surface area is 117 Å². The van der Waals surface area contributed by atoms with E-state index >= 15 is 0 Å². The third kappa shape index (κ3) is 7.31. The molecule has 1 unspecified atom stereocenters. The van der Waals surface area contributed by atoms with Gasteiger partial charge in [-0.15, -0.1) is 0 Å². The topological polar surface area (TPSA) is 30.5 Å². The predicted octanol–water partition coefficient (Wildman–Crippen LogP) is 2.98. The first kappa shape index (κ1) is 16.2. The van der Waals surface area contributed by atoms with Gasteiger partial charge in [0.05, 0.1) is 19.3 Å². The van der Waals surface area contributed by atoms with Crippen molar-refractivity contribution in [2.45, 2.75) is 40.0 Å². The van der Waals surface area contributed by atoms with Crippen LogP contribution in [-0.4, -0.2) is 26.4 Å². The Balaban J connectivity index is 2.30. The molecule has 1 N–H and O–H groups in total. The highest BCUT2D eigenvalue weighted by molar-refractivity contribution is 5.21. The second-order valence-electron chi connectivity index (χ2n) is 5.42. The van der Waals surface area contributed by atoms with Crippen molar-refractivity contribution in [3.63, 3.8) is 0 Å². The molecule has 0 saturated carbocycles. The molecule has 0 aliphatic carbocycles. The van der Waals surface area contributed by atoms with Gasteiger partial charge in [-0.1, -0.05) is 38.1 Å². The van der Waals surface area contributed by atoms with E-state index in [1.54, 1.807) is 7.11 Å². The minimum absolute atomic E-state index is 0.136. The Hall–Kier alpha value is -0.900. The van der Waals surface area contributed by atoms with E-state index in [0.717, 1.165) is 13.1 Å². The maximum atomic E-state index is 5.68. The first-order valence-corrected chi connectivity index (χ1v) is 7.01. The first-order valence-electron chi connectivity index (χ1n) is 7.01. The third-order valence-corrected chi connectivity index (χ3v) is 2.84. The Morgan fingerprint density at radius 3 is 2.26 bits per heavy atom. The third-order valence-electron chi connectivity index (χ3n) is 2.84. The minimum Gasteiger partial charge on any atom is -0.382 e. The number of rotatable bonds is 9. The molecule has 1 aromatic rings. The molecular weight excluding hydrogens is 238 g/mol. The standard InChI is InChI=1S/C16H27NO2/c1-13(2)9-17-10-15-5-7-16(8-6-15)12-19-14(3)11-18-4/h5-8,13-14,17H,9-12H2,1-4H3.